The first-order chi connectivity index (χ1) is 16.2. The molecule has 2 aromatic carbocycles. The van der Waals surface area contributed by atoms with Gasteiger partial charge in [-0.2, -0.15) is 0 Å². The molecule has 8 heteroatoms. The maximum Gasteiger partial charge on any atom is 0.260 e. The fourth-order valence-corrected chi connectivity index (χ4v) is 5.71. The van der Waals surface area contributed by atoms with Crippen molar-refractivity contribution >= 4 is 42.4 Å². The predicted octanol–water partition coefficient (Wildman–Crippen LogP) is 5.84. The summed E-state index contributed by atoms with van der Waals surface area (Å²) in [6, 6.07) is 16.0. The monoisotopic (exact) mass is 493 g/mol. The van der Waals surface area contributed by atoms with Gasteiger partial charge in [-0.05, 0) is 67.3 Å². The maximum atomic E-state index is 13.7. The molecule has 176 valence electrons. The van der Waals surface area contributed by atoms with E-state index in [0.29, 0.717) is 23.2 Å². The van der Waals surface area contributed by atoms with Crippen LogP contribution in [0.3, 0.4) is 0 Å². The first-order valence-corrected chi connectivity index (χ1v) is 13.5. The third-order valence-electron chi connectivity index (χ3n) is 5.65. The molecule has 1 amide bonds. The van der Waals surface area contributed by atoms with Crippen LogP contribution in [-0.4, -0.2) is 29.5 Å². The van der Waals surface area contributed by atoms with Crippen molar-refractivity contribution in [1.29, 1.82) is 0 Å². The average molecular weight is 494 g/mol. The largest absolute Gasteiger partial charge is 0.279 e. The average Bonchev–Trinajstić information content (AvgIpc) is 3.26. The Labute approximate surface area is 204 Å². The number of carbonyl (C=O) groups excluding carboxylic acids is 1. The summed E-state index contributed by atoms with van der Waals surface area (Å²) in [6.45, 7) is 7.83. The molecule has 0 radical (unpaired) electrons. The zero-order chi connectivity index (χ0) is 24.5. The van der Waals surface area contributed by atoms with Crippen LogP contribution >= 0.6 is 11.3 Å². The lowest BCUT2D eigenvalue weighted by Crippen LogP contribution is -2.30. The lowest BCUT2D eigenvalue weighted by Gasteiger charge is -2.20. The van der Waals surface area contributed by atoms with E-state index in [4.69, 9.17) is 4.98 Å². The zero-order valence-electron chi connectivity index (χ0n) is 19.6. The summed E-state index contributed by atoms with van der Waals surface area (Å²) in [5.74, 6) is 0.0547. The summed E-state index contributed by atoms with van der Waals surface area (Å²) in [5.41, 5.74) is 3.31. The molecule has 0 unspecified atom stereocenters. The van der Waals surface area contributed by atoms with E-state index in [0.717, 1.165) is 21.3 Å². The minimum Gasteiger partial charge on any atom is -0.279 e. The zero-order valence-corrected chi connectivity index (χ0v) is 21.2. The van der Waals surface area contributed by atoms with Crippen LogP contribution in [0, 0.1) is 0 Å². The molecule has 0 bridgehead atoms. The van der Waals surface area contributed by atoms with Gasteiger partial charge in [0, 0.05) is 18.0 Å². The molecule has 34 heavy (non-hydrogen) atoms. The van der Waals surface area contributed by atoms with Crippen LogP contribution in [0.1, 0.15) is 55.1 Å². The molecule has 4 aromatic rings. The number of para-hydroxylation sites is 1. The van der Waals surface area contributed by atoms with Crippen molar-refractivity contribution in [2.75, 3.05) is 4.90 Å². The maximum absolute atomic E-state index is 13.7. The standard InChI is InChI=1S/C26H27N3O3S2/c1-17(2)22-8-5-9-23-24(22)28-26(33-23)29(16-19-7-6-14-27-15-19)25(30)20-10-12-21(13-11-20)34(31,32)18(3)4/h5-15,17-18H,16H2,1-4H3. The number of nitrogens with zero attached hydrogens (tertiary/aromatic N) is 3. The van der Waals surface area contributed by atoms with Crippen LogP contribution in [0.2, 0.25) is 0 Å². The van der Waals surface area contributed by atoms with Gasteiger partial charge in [-0.15, -0.1) is 0 Å². The Kier molecular flexibility index (Phi) is 6.81. The molecule has 0 atom stereocenters. The van der Waals surface area contributed by atoms with Gasteiger partial charge in [0.1, 0.15) is 0 Å². The van der Waals surface area contributed by atoms with Gasteiger partial charge < -0.3 is 0 Å². The second-order valence-electron chi connectivity index (χ2n) is 8.72. The van der Waals surface area contributed by atoms with Crippen LogP contribution in [-0.2, 0) is 16.4 Å². The Morgan fingerprint density at radius 3 is 2.35 bits per heavy atom. The minimum atomic E-state index is -3.41. The van der Waals surface area contributed by atoms with Crippen molar-refractivity contribution in [3.63, 3.8) is 0 Å². The number of carbonyl (C=O) groups is 1. The van der Waals surface area contributed by atoms with E-state index in [9.17, 15) is 13.2 Å². The number of hydrogen-bond donors (Lipinski definition) is 0. The van der Waals surface area contributed by atoms with Gasteiger partial charge in [-0.1, -0.05) is 43.4 Å². The third-order valence-corrected chi connectivity index (χ3v) is 8.86. The fraction of sp³-hybridized carbons (Fsp3) is 0.269. The Hall–Kier alpha value is -3.10. The lowest BCUT2D eigenvalue weighted by atomic mass is 10.0. The number of benzene rings is 2. The molecule has 0 saturated heterocycles. The highest BCUT2D eigenvalue weighted by Gasteiger charge is 2.24. The molecule has 0 N–H and O–H groups in total. The lowest BCUT2D eigenvalue weighted by molar-refractivity contribution is 0.0985. The van der Waals surface area contributed by atoms with Crippen molar-refractivity contribution in [2.24, 2.45) is 0 Å². The summed E-state index contributed by atoms with van der Waals surface area (Å²) in [6.07, 6.45) is 3.42. The highest BCUT2D eigenvalue weighted by atomic mass is 32.2. The molecule has 2 aromatic heterocycles. The van der Waals surface area contributed by atoms with E-state index >= 15 is 0 Å². The Balaban J connectivity index is 1.76. The quantitative estimate of drug-likeness (QED) is 0.323. The molecule has 0 aliphatic heterocycles. The topological polar surface area (TPSA) is 80.2 Å². The molecule has 4 rings (SSSR count). The Bertz CT molecular complexity index is 1410. The number of amides is 1. The third kappa shape index (κ3) is 4.74. The molecule has 0 saturated carbocycles. The Morgan fingerprint density at radius 1 is 1.00 bits per heavy atom. The molecule has 6 nitrogen and oxygen atoms in total. The number of hydrogen-bond acceptors (Lipinski definition) is 6. The van der Waals surface area contributed by atoms with Gasteiger partial charge in [-0.25, -0.2) is 13.4 Å². The fourth-order valence-electron chi connectivity index (χ4n) is 3.66. The van der Waals surface area contributed by atoms with E-state index in [-0.39, 0.29) is 10.8 Å². The SMILES string of the molecule is CC(C)c1cccc2sc(N(Cc3cccnc3)C(=O)c3ccc(S(=O)(=O)C(C)C)cc3)nc12. The number of thiazole rings is 1. The van der Waals surface area contributed by atoms with Crippen molar-refractivity contribution in [3.05, 3.63) is 83.7 Å². The summed E-state index contributed by atoms with van der Waals surface area (Å²) in [7, 11) is -3.41. The van der Waals surface area contributed by atoms with Crippen LogP contribution in [0.4, 0.5) is 5.13 Å². The van der Waals surface area contributed by atoms with Crippen LogP contribution in [0.25, 0.3) is 10.2 Å². The van der Waals surface area contributed by atoms with E-state index in [1.165, 1.54) is 23.5 Å². The highest BCUT2D eigenvalue weighted by Crippen LogP contribution is 2.34. The van der Waals surface area contributed by atoms with Gasteiger partial charge >= 0.3 is 0 Å². The van der Waals surface area contributed by atoms with E-state index in [1.54, 1.807) is 43.3 Å². The molecule has 0 spiro atoms. The van der Waals surface area contributed by atoms with Crippen molar-refractivity contribution in [2.45, 2.75) is 50.3 Å². The smallest absolute Gasteiger partial charge is 0.260 e. The first-order valence-electron chi connectivity index (χ1n) is 11.1. The number of anilines is 1. The van der Waals surface area contributed by atoms with Gasteiger partial charge in [0.25, 0.3) is 5.91 Å². The number of fused-ring (bicyclic) bond motifs is 1. The normalized spacial score (nSPS) is 11.9. The number of rotatable bonds is 7. The number of pyridine rings is 1. The van der Waals surface area contributed by atoms with Gasteiger partial charge in [0.2, 0.25) is 0 Å². The Morgan fingerprint density at radius 2 is 1.74 bits per heavy atom. The van der Waals surface area contributed by atoms with E-state index in [1.807, 2.05) is 24.3 Å². The first kappa shape index (κ1) is 24.0. The molecule has 2 heterocycles. The second-order valence-corrected chi connectivity index (χ2v) is 12.2. The summed E-state index contributed by atoms with van der Waals surface area (Å²) >= 11 is 1.47. The summed E-state index contributed by atoms with van der Waals surface area (Å²) < 4.78 is 26.0. The van der Waals surface area contributed by atoms with Gasteiger partial charge in [0.05, 0.1) is 26.9 Å². The van der Waals surface area contributed by atoms with Gasteiger partial charge in [0.15, 0.2) is 15.0 Å². The van der Waals surface area contributed by atoms with Crippen molar-refractivity contribution in [3.8, 4) is 0 Å². The van der Waals surface area contributed by atoms with Gasteiger partial charge in [-0.3, -0.25) is 14.7 Å². The highest BCUT2D eigenvalue weighted by molar-refractivity contribution is 7.92. The van der Waals surface area contributed by atoms with Crippen molar-refractivity contribution < 1.29 is 13.2 Å². The molecular weight excluding hydrogens is 466 g/mol. The van der Waals surface area contributed by atoms with E-state index in [2.05, 4.69) is 24.9 Å². The van der Waals surface area contributed by atoms with Crippen LogP contribution < -0.4 is 4.90 Å². The molecular formula is C26H27N3O3S2. The molecule has 0 fully saturated rings. The van der Waals surface area contributed by atoms with Crippen LogP contribution in [0.15, 0.2) is 71.9 Å². The number of aromatic nitrogens is 2. The second kappa shape index (κ2) is 9.64. The number of sulfone groups is 1. The van der Waals surface area contributed by atoms with E-state index < -0.39 is 15.1 Å². The predicted molar refractivity (Wildman–Crippen MR) is 137 cm³/mol. The summed E-state index contributed by atoms with van der Waals surface area (Å²) in [5, 5.41) is 0.0601. The van der Waals surface area contributed by atoms with Crippen molar-refractivity contribution in [1.82, 2.24) is 9.97 Å². The minimum absolute atomic E-state index is 0.208. The molecule has 0 aliphatic rings. The molecule has 0 aliphatic carbocycles. The summed E-state index contributed by atoms with van der Waals surface area (Å²) in [4.78, 5) is 24.5. The van der Waals surface area contributed by atoms with Crippen LogP contribution in [0.5, 0.6) is 0 Å².